The second-order valence-corrected chi connectivity index (χ2v) is 6.86. The number of aryl methyl sites for hydroxylation is 2. The fourth-order valence-electron chi connectivity index (χ4n) is 3.62. The number of nitrogens with one attached hydrogen (secondary N) is 2. The highest BCUT2D eigenvalue weighted by atomic mass is 127. The number of aromatic nitrogens is 3. The third kappa shape index (κ3) is 5.05. The summed E-state index contributed by atoms with van der Waals surface area (Å²) in [6.07, 6.45) is 4.65. The third-order valence-electron chi connectivity index (χ3n) is 4.81. The first-order valence-corrected chi connectivity index (χ1v) is 8.70. The van der Waals surface area contributed by atoms with E-state index in [9.17, 15) is 0 Å². The summed E-state index contributed by atoms with van der Waals surface area (Å²) in [6, 6.07) is 0.365. The summed E-state index contributed by atoms with van der Waals surface area (Å²) in [5, 5.41) is 11.5. The van der Waals surface area contributed by atoms with Gasteiger partial charge in [0.15, 0.2) is 5.96 Å². The minimum atomic E-state index is 0. The van der Waals surface area contributed by atoms with Gasteiger partial charge < -0.3 is 15.5 Å². The summed E-state index contributed by atoms with van der Waals surface area (Å²) in [7, 11) is 4.05. The Morgan fingerprint density at radius 2 is 2.17 bits per heavy atom. The molecule has 8 heteroatoms. The lowest BCUT2D eigenvalue weighted by atomic mass is 9.98. The number of likely N-dealkylation sites (tertiary alicyclic amines) is 1. The number of fused-ring (bicyclic) bond motifs is 1. The van der Waals surface area contributed by atoms with Crippen molar-refractivity contribution in [3.8, 4) is 0 Å². The molecule has 0 bridgehead atoms. The van der Waals surface area contributed by atoms with E-state index in [2.05, 4.69) is 37.7 Å². The van der Waals surface area contributed by atoms with Gasteiger partial charge in [0.25, 0.3) is 0 Å². The van der Waals surface area contributed by atoms with E-state index in [0.29, 0.717) is 12.0 Å². The molecule has 2 unspecified atom stereocenters. The highest BCUT2D eigenvalue weighted by Gasteiger charge is 2.22. The topological polar surface area (TPSA) is 70.4 Å². The van der Waals surface area contributed by atoms with Crippen LogP contribution in [0.2, 0.25) is 0 Å². The molecular weight excluding hydrogens is 417 g/mol. The lowest BCUT2D eigenvalue weighted by Gasteiger charge is -2.31. The molecule has 2 aliphatic heterocycles. The van der Waals surface area contributed by atoms with Crippen LogP contribution in [-0.2, 0) is 13.0 Å². The van der Waals surface area contributed by atoms with Gasteiger partial charge in [-0.15, -0.1) is 24.0 Å². The number of aliphatic imine (C=N–C) groups is 1. The van der Waals surface area contributed by atoms with E-state index in [1.165, 1.54) is 25.9 Å². The predicted octanol–water partition coefficient (Wildman–Crippen LogP) is 1.03. The molecule has 0 aliphatic carbocycles. The normalized spacial score (nSPS) is 24.9. The summed E-state index contributed by atoms with van der Waals surface area (Å²) >= 11 is 0. The Morgan fingerprint density at radius 3 is 2.92 bits per heavy atom. The highest BCUT2D eigenvalue weighted by molar-refractivity contribution is 14.0. The molecule has 0 saturated carbocycles. The largest absolute Gasteiger partial charge is 0.356 e. The molecule has 2 aliphatic rings. The first-order valence-electron chi connectivity index (χ1n) is 8.70. The molecule has 0 aromatic carbocycles. The van der Waals surface area contributed by atoms with E-state index in [-0.39, 0.29) is 24.0 Å². The number of guanidine groups is 1. The molecule has 0 spiro atoms. The number of rotatable bonds is 3. The van der Waals surface area contributed by atoms with Gasteiger partial charge >= 0.3 is 0 Å². The van der Waals surface area contributed by atoms with Gasteiger partial charge in [-0.3, -0.25) is 4.99 Å². The molecule has 24 heavy (non-hydrogen) atoms. The van der Waals surface area contributed by atoms with Crippen LogP contribution in [0.3, 0.4) is 0 Å². The van der Waals surface area contributed by atoms with E-state index >= 15 is 0 Å². The summed E-state index contributed by atoms with van der Waals surface area (Å²) in [5.74, 6) is 3.59. The van der Waals surface area contributed by atoms with Gasteiger partial charge in [-0.05, 0) is 45.7 Å². The number of hydrogen-bond acceptors (Lipinski definition) is 4. The standard InChI is InChI=1S/C16H29N7.HI/c1-12-19-15-7-6-14(11-23(15)21-12)20-16(17-2)18-9-13-5-4-8-22(3)10-13;/h13-14H,4-11H2,1-3H3,(H2,17,18,20);1H. The van der Waals surface area contributed by atoms with Gasteiger partial charge in [0, 0.05) is 32.6 Å². The van der Waals surface area contributed by atoms with Crippen LogP contribution >= 0.6 is 24.0 Å². The molecule has 0 amide bonds. The van der Waals surface area contributed by atoms with E-state index in [1.54, 1.807) is 0 Å². The fourth-order valence-corrected chi connectivity index (χ4v) is 3.62. The van der Waals surface area contributed by atoms with Crippen LogP contribution in [-0.4, -0.2) is 65.4 Å². The Morgan fingerprint density at radius 1 is 1.33 bits per heavy atom. The van der Waals surface area contributed by atoms with Crippen molar-refractivity contribution in [2.24, 2.45) is 10.9 Å². The molecule has 3 rings (SSSR count). The second-order valence-electron chi connectivity index (χ2n) is 6.86. The number of piperidine rings is 1. The lowest BCUT2D eigenvalue weighted by molar-refractivity contribution is 0.210. The van der Waals surface area contributed by atoms with Crippen LogP contribution in [0.15, 0.2) is 4.99 Å². The van der Waals surface area contributed by atoms with Gasteiger partial charge in [-0.2, -0.15) is 5.10 Å². The molecule has 1 fully saturated rings. The molecule has 1 aromatic heterocycles. The van der Waals surface area contributed by atoms with Crippen LogP contribution in [0.1, 0.15) is 30.9 Å². The van der Waals surface area contributed by atoms with Crippen LogP contribution in [0.5, 0.6) is 0 Å². The maximum atomic E-state index is 4.46. The minimum absolute atomic E-state index is 0. The van der Waals surface area contributed by atoms with Crippen molar-refractivity contribution < 1.29 is 0 Å². The van der Waals surface area contributed by atoms with Crippen molar-refractivity contribution in [2.75, 3.05) is 33.7 Å². The summed E-state index contributed by atoms with van der Waals surface area (Å²) in [6.45, 7) is 6.21. The van der Waals surface area contributed by atoms with Crippen LogP contribution in [0, 0.1) is 12.8 Å². The Kier molecular flexibility index (Phi) is 7.27. The van der Waals surface area contributed by atoms with Gasteiger partial charge in [-0.25, -0.2) is 9.67 Å². The van der Waals surface area contributed by atoms with E-state index in [4.69, 9.17) is 0 Å². The maximum absolute atomic E-state index is 4.46. The molecule has 3 heterocycles. The van der Waals surface area contributed by atoms with Crippen molar-refractivity contribution in [1.29, 1.82) is 0 Å². The molecule has 0 radical (unpaired) electrons. The summed E-state index contributed by atoms with van der Waals surface area (Å²) in [5.41, 5.74) is 0. The third-order valence-corrected chi connectivity index (χ3v) is 4.81. The molecule has 1 aromatic rings. The average Bonchev–Trinajstić information content (AvgIpc) is 2.90. The minimum Gasteiger partial charge on any atom is -0.356 e. The highest BCUT2D eigenvalue weighted by Crippen LogP contribution is 2.14. The van der Waals surface area contributed by atoms with Gasteiger partial charge in [0.2, 0.25) is 0 Å². The summed E-state index contributed by atoms with van der Waals surface area (Å²) < 4.78 is 2.03. The first-order chi connectivity index (χ1) is 11.1. The molecule has 7 nitrogen and oxygen atoms in total. The van der Waals surface area contributed by atoms with Gasteiger partial charge in [0.1, 0.15) is 11.6 Å². The fraction of sp³-hybridized carbons (Fsp3) is 0.812. The van der Waals surface area contributed by atoms with Gasteiger partial charge in [0.05, 0.1) is 6.54 Å². The van der Waals surface area contributed by atoms with Crippen molar-refractivity contribution >= 4 is 29.9 Å². The Balaban J connectivity index is 0.00000208. The molecule has 136 valence electrons. The lowest BCUT2D eigenvalue weighted by Crippen LogP contribution is -2.49. The zero-order chi connectivity index (χ0) is 16.2. The zero-order valence-corrected chi connectivity index (χ0v) is 17.3. The quantitative estimate of drug-likeness (QED) is 0.412. The summed E-state index contributed by atoms with van der Waals surface area (Å²) in [4.78, 5) is 11.3. The van der Waals surface area contributed by atoms with Gasteiger partial charge in [-0.1, -0.05) is 0 Å². The number of hydrogen-bond donors (Lipinski definition) is 2. The molecule has 1 saturated heterocycles. The Hall–Kier alpha value is -0.900. The maximum Gasteiger partial charge on any atom is 0.191 e. The number of nitrogens with zero attached hydrogens (tertiary/aromatic N) is 5. The predicted molar refractivity (Wildman–Crippen MR) is 107 cm³/mol. The van der Waals surface area contributed by atoms with Crippen LogP contribution < -0.4 is 10.6 Å². The average molecular weight is 447 g/mol. The van der Waals surface area contributed by atoms with Crippen LogP contribution in [0.25, 0.3) is 0 Å². The smallest absolute Gasteiger partial charge is 0.191 e. The van der Waals surface area contributed by atoms with Crippen molar-refractivity contribution in [3.63, 3.8) is 0 Å². The van der Waals surface area contributed by atoms with Crippen molar-refractivity contribution in [2.45, 2.75) is 45.2 Å². The Bertz CT molecular complexity index is 557. The van der Waals surface area contributed by atoms with E-state index in [0.717, 1.165) is 43.5 Å². The second kappa shape index (κ2) is 8.98. The van der Waals surface area contributed by atoms with Crippen molar-refractivity contribution in [1.82, 2.24) is 30.3 Å². The monoisotopic (exact) mass is 447 g/mol. The molecular formula is C16H30IN7. The number of halogens is 1. The van der Waals surface area contributed by atoms with E-state index < -0.39 is 0 Å². The molecule has 2 N–H and O–H groups in total. The van der Waals surface area contributed by atoms with Crippen LogP contribution in [0.4, 0.5) is 0 Å². The SMILES string of the molecule is CN=C(NCC1CCCN(C)C1)NC1CCc2nc(C)nn2C1.I. The Labute approximate surface area is 161 Å². The van der Waals surface area contributed by atoms with Crippen molar-refractivity contribution in [3.05, 3.63) is 11.6 Å². The first kappa shape index (κ1) is 19.4. The zero-order valence-electron chi connectivity index (χ0n) is 15.0. The van der Waals surface area contributed by atoms with E-state index in [1.807, 2.05) is 18.7 Å². The molecule has 2 atom stereocenters.